The molecule has 0 saturated heterocycles. The highest BCUT2D eigenvalue weighted by atomic mass is 79.9. The summed E-state index contributed by atoms with van der Waals surface area (Å²) in [6.07, 6.45) is 4.87. The number of benzene rings is 3. The van der Waals surface area contributed by atoms with Crippen LogP contribution in [0.1, 0.15) is 43.9 Å². The molecule has 3 heterocycles. The highest BCUT2D eigenvalue weighted by molar-refractivity contribution is 9.10. The molecule has 6 rings (SSSR count). The lowest BCUT2D eigenvalue weighted by atomic mass is 9.93. The number of methoxy groups -OCH3 is 1. The smallest absolute Gasteiger partial charge is 0.338 e. The van der Waals surface area contributed by atoms with Crippen LogP contribution < -0.4 is 24.9 Å². The van der Waals surface area contributed by atoms with Gasteiger partial charge in [0.05, 0.1) is 29.5 Å². The van der Waals surface area contributed by atoms with Crippen LogP contribution >= 0.6 is 27.3 Å². The molecule has 0 fully saturated rings. The van der Waals surface area contributed by atoms with Crippen molar-refractivity contribution in [2.75, 3.05) is 19.0 Å². The number of rotatable bonds is 10. The van der Waals surface area contributed by atoms with E-state index in [0.29, 0.717) is 44.0 Å². The highest BCUT2D eigenvalue weighted by Gasteiger charge is 2.36. The summed E-state index contributed by atoms with van der Waals surface area (Å²) in [4.78, 5) is 46.2. The molecule has 1 aliphatic rings. The Balaban J connectivity index is 1.49. The molecular weight excluding hydrogens is 699 g/mol. The van der Waals surface area contributed by atoms with Gasteiger partial charge in [0, 0.05) is 38.4 Å². The Morgan fingerprint density at radius 3 is 2.60 bits per heavy atom. The molecule has 9 nitrogen and oxygen atoms in total. The predicted octanol–water partition coefficient (Wildman–Crippen LogP) is 6.08. The molecule has 0 bridgehead atoms. The second-order valence-corrected chi connectivity index (χ2v) is 13.0. The van der Waals surface area contributed by atoms with Crippen LogP contribution in [0, 0.1) is 5.82 Å². The predicted molar refractivity (Wildman–Crippen MR) is 187 cm³/mol. The van der Waals surface area contributed by atoms with Gasteiger partial charge in [-0.1, -0.05) is 58.8 Å². The van der Waals surface area contributed by atoms with Crippen LogP contribution in [0.3, 0.4) is 0 Å². The van der Waals surface area contributed by atoms with Crippen LogP contribution in [0.4, 0.5) is 10.1 Å². The van der Waals surface area contributed by atoms with Crippen molar-refractivity contribution >= 4 is 61.8 Å². The van der Waals surface area contributed by atoms with E-state index in [1.54, 1.807) is 30.7 Å². The average molecular weight is 732 g/mol. The first-order chi connectivity index (χ1) is 23.2. The molecule has 48 heavy (non-hydrogen) atoms. The molecule has 1 amide bonds. The number of hydrogen-bond donors (Lipinski definition) is 1. The summed E-state index contributed by atoms with van der Waals surface area (Å²) in [6.45, 7) is 3.91. The van der Waals surface area contributed by atoms with Gasteiger partial charge in [-0.3, -0.25) is 14.2 Å². The number of esters is 1. The number of thiazole rings is 1. The average Bonchev–Trinajstić information content (AvgIpc) is 3.57. The van der Waals surface area contributed by atoms with Crippen molar-refractivity contribution in [1.82, 2.24) is 9.13 Å². The third-order valence-electron chi connectivity index (χ3n) is 7.93. The Labute approximate surface area is 287 Å². The number of fused-ring (bicyclic) bond motifs is 2. The summed E-state index contributed by atoms with van der Waals surface area (Å²) in [6, 6.07) is 17.8. The minimum Gasteiger partial charge on any atom is -0.496 e. The van der Waals surface area contributed by atoms with Gasteiger partial charge in [-0.15, -0.1) is 0 Å². The fourth-order valence-electron chi connectivity index (χ4n) is 5.88. The van der Waals surface area contributed by atoms with Gasteiger partial charge in [-0.2, -0.15) is 0 Å². The molecule has 1 N–H and O–H groups in total. The van der Waals surface area contributed by atoms with Crippen LogP contribution in [0.25, 0.3) is 17.0 Å². The van der Waals surface area contributed by atoms with E-state index >= 15 is 0 Å². The second-order valence-electron chi connectivity index (χ2n) is 11.1. The van der Waals surface area contributed by atoms with Crippen LogP contribution in [0.15, 0.2) is 98.5 Å². The summed E-state index contributed by atoms with van der Waals surface area (Å²) in [5.41, 5.74) is 3.19. The number of aromatic nitrogens is 2. The van der Waals surface area contributed by atoms with E-state index in [1.165, 1.54) is 35.6 Å². The number of nitrogens with zero attached hydrogens (tertiary/aromatic N) is 3. The molecule has 3 aromatic carbocycles. The third kappa shape index (κ3) is 6.50. The van der Waals surface area contributed by atoms with E-state index in [0.717, 1.165) is 27.4 Å². The Morgan fingerprint density at radius 2 is 1.88 bits per heavy atom. The zero-order valence-corrected chi connectivity index (χ0v) is 28.9. The number of hydrogen-bond acceptors (Lipinski definition) is 7. The molecule has 0 spiro atoms. The number of ether oxygens (including phenoxy) is 2. The first-order valence-electron chi connectivity index (χ1n) is 15.4. The normalized spacial score (nSPS) is 14.5. The van der Waals surface area contributed by atoms with E-state index in [1.807, 2.05) is 54.1 Å². The molecule has 246 valence electrons. The number of allylic oxidation sites excluding steroid dienone is 1. The minimum absolute atomic E-state index is 0.00105. The standard InChI is InChI=1S/C36H32BrFN4O5S/c1-4-8-27-32(35(45)47-5-2)33(26-18-22(37)11-16-29(26)46-3)42-34(44)30(48-36(42)40-27)17-21-19-41(28-10-7-6-9-25(21)28)20-31(43)39-24-14-12-23(38)13-15-24/h6-7,9-19,33H,4-5,8,20H2,1-3H3,(H,39,43)/b30-17+/t33-/m0/s1. The monoisotopic (exact) mass is 730 g/mol. The fourth-order valence-corrected chi connectivity index (χ4v) is 7.27. The number of carbonyl (C=O) groups excluding carboxylic acids is 2. The maximum Gasteiger partial charge on any atom is 0.338 e. The number of amides is 1. The minimum atomic E-state index is -0.840. The van der Waals surface area contributed by atoms with Gasteiger partial charge in [0.15, 0.2) is 4.80 Å². The van der Waals surface area contributed by atoms with Crippen LogP contribution in [-0.2, 0) is 20.9 Å². The van der Waals surface area contributed by atoms with Crippen molar-refractivity contribution in [3.05, 3.63) is 125 Å². The van der Waals surface area contributed by atoms with Crippen molar-refractivity contribution in [3.8, 4) is 5.75 Å². The molecular formula is C36H32BrFN4O5S. The number of para-hydroxylation sites is 1. The van der Waals surface area contributed by atoms with Crippen molar-refractivity contribution in [1.29, 1.82) is 0 Å². The van der Waals surface area contributed by atoms with Crippen molar-refractivity contribution in [3.63, 3.8) is 0 Å². The maximum absolute atomic E-state index is 14.4. The highest BCUT2D eigenvalue weighted by Crippen LogP contribution is 2.38. The Kier molecular flexibility index (Phi) is 9.74. The number of nitrogens with one attached hydrogen (secondary N) is 1. The summed E-state index contributed by atoms with van der Waals surface area (Å²) < 4.78 is 29.1. The summed E-state index contributed by atoms with van der Waals surface area (Å²) in [5, 5.41) is 3.65. The van der Waals surface area contributed by atoms with Crippen molar-refractivity contribution < 1.29 is 23.5 Å². The third-order valence-corrected chi connectivity index (χ3v) is 9.40. The zero-order valence-electron chi connectivity index (χ0n) is 26.5. The van der Waals surface area contributed by atoms with Crippen molar-refractivity contribution in [2.24, 2.45) is 4.99 Å². The van der Waals surface area contributed by atoms with E-state index in [9.17, 15) is 18.8 Å². The van der Waals surface area contributed by atoms with Gasteiger partial charge in [0.1, 0.15) is 24.2 Å². The molecule has 0 unspecified atom stereocenters. The molecule has 2 aromatic heterocycles. The number of halogens is 2. The van der Waals surface area contributed by atoms with E-state index in [-0.39, 0.29) is 30.4 Å². The quantitative estimate of drug-likeness (QED) is 0.176. The molecule has 5 aromatic rings. The lowest BCUT2D eigenvalue weighted by molar-refractivity contribution is -0.139. The first-order valence-corrected chi connectivity index (χ1v) is 17.0. The van der Waals surface area contributed by atoms with Crippen LogP contribution in [0.2, 0.25) is 0 Å². The van der Waals surface area contributed by atoms with Crippen LogP contribution in [0.5, 0.6) is 5.75 Å². The molecule has 0 radical (unpaired) electrons. The zero-order chi connectivity index (χ0) is 33.9. The topological polar surface area (TPSA) is 104 Å². The van der Waals surface area contributed by atoms with Gasteiger partial charge >= 0.3 is 5.97 Å². The summed E-state index contributed by atoms with van der Waals surface area (Å²) in [5.74, 6) is -0.696. The lowest BCUT2D eigenvalue weighted by Gasteiger charge is -2.27. The van der Waals surface area contributed by atoms with Gasteiger partial charge in [-0.25, -0.2) is 14.2 Å². The molecule has 1 atom stereocenters. The molecule has 12 heteroatoms. The van der Waals surface area contributed by atoms with Crippen LogP contribution in [-0.4, -0.2) is 34.7 Å². The molecule has 1 aliphatic heterocycles. The van der Waals surface area contributed by atoms with Gasteiger partial charge in [0.25, 0.3) is 5.56 Å². The maximum atomic E-state index is 14.4. The number of carbonyl (C=O) groups is 2. The van der Waals surface area contributed by atoms with Crippen molar-refractivity contribution in [2.45, 2.75) is 39.3 Å². The lowest BCUT2D eigenvalue weighted by Crippen LogP contribution is -2.40. The van der Waals surface area contributed by atoms with Gasteiger partial charge in [-0.05, 0) is 68.0 Å². The first kappa shape index (κ1) is 33.1. The molecule has 0 aliphatic carbocycles. The summed E-state index contributed by atoms with van der Waals surface area (Å²) in [7, 11) is 1.55. The van der Waals surface area contributed by atoms with Gasteiger partial charge < -0.3 is 19.4 Å². The Morgan fingerprint density at radius 1 is 1.10 bits per heavy atom. The number of anilines is 1. The largest absolute Gasteiger partial charge is 0.496 e. The van der Waals surface area contributed by atoms with Gasteiger partial charge in [0.2, 0.25) is 5.91 Å². The summed E-state index contributed by atoms with van der Waals surface area (Å²) >= 11 is 4.78. The van der Waals surface area contributed by atoms with E-state index < -0.39 is 12.0 Å². The fraction of sp³-hybridized carbons (Fsp3) is 0.222. The second kappa shape index (κ2) is 14.1. The molecule has 0 saturated carbocycles. The Bertz CT molecular complexity index is 2250. The SMILES string of the molecule is CCCC1=C(C(=O)OCC)[C@H](c2cc(Br)ccc2OC)n2c(s/c(=C/c3cn(CC(=O)Nc4ccc(F)cc4)c4ccccc34)c2=O)=N1. The van der Waals surface area contributed by atoms with E-state index in [2.05, 4.69) is 21.2 Å². The van der Waals surface area contributed by atoms with E-state index in [4.69, 9.17) is 14.5 Å². The Hall–Kier alpha value is -4.81.